The van der Waals surface area contributed by atoms with Crippen molar-refractivity contribution in [2.45, 2.75) is 51.9 Å². The maximum Gasteiger partial charge on any atom is 0.0567 e. The van der Waals surface area contributed by atoms with Crippen molar-refractivity contribution in [3.05, 3.63) is 0 Å². The van der Waals surface area contributed by atoms with E-state index >= 15 is 0 Å². The number of rotatable bonds is 11. The molecule has 0 unspecified atom stereocenters. The van der Waals surface area contributed by atoms with E-state index in [2.05, 4.69) is 23.7 Å². The van der Waals surface area contributed by atoms with E-state index in [1.165, 1.54) is 51.5 Å². The first-order chi connectivity index (χ1) is 7.72. The number of unbranched alkanes of at least 4 members (excludes halogenated alkanes) is 6. The van der Waals surface area contributed by atoms with Gasteiger partial charge in [-0.25, -0.2) is 11.1 Å². The molecule has 0 spiro atoms. The first-order valence-electron chi connectivity index (χ1n) is 6.75. The number of nitrogens with zero attached hydrogens (tertiary/aromatic N) is 1. The zero-order valence-corrected chi connectivity index (χ0v) is 12.3. The topological polar surface area (TPSA) is 23.5 Å². The van der Waals surface area contributed by atoms with Crippen LogP contribution in [0, 0.1) is 0 Å². The Morgan fingerprint density at radius 3 is 1.94 bits per heavy atom. The quantitative estimate of drug-likeness (QED) is 0.434. The van der Waals surface area contributed by atoms with E-state index in [0.717, 1.165) is 6.54 Å². The maximum atomic E-state index is 8.95. The summed E-state index contributed by atoms with van der Waals surface area (Å²) in [6.07, 6.45) is 14.1. The molecule has 1 N–H and O–H groups in total. The van der Waals surface area contributed by atoms with Crippen molar-refractivity contribution in [3.8, 4) is 0 Å². The summed E-state index contributed by atoms with van der Waals surface area (Å²) in [4.78, 5) is 0. The Morgan fingerprint density at radius 2 is 1.44 bits per heavy atom. The Kier molecular flexibility index (Phi) is 11.9. The molecule has 0 aliphatic rings. The zero-order valence-electron chi connectivity index (χ0n) is 11.4. The van der Waals surface area contributed by atoms with Crippen LogP contribution >= 0.6 is 11.1 Å². The highest BCUT2D eigenvalue weighted by Crippen LogP contribution is 2.21. The van der Waals surface area contributed by atoms with Gasteiger partial charge in [0.1, 0.15) is 0 Å². The van der Waals surface area contributed by atoms with Gasteiger partial charge in [0.05, 0.1) is 6.61 Å². The smallest absolute Gasteiger partial charge is 0.0567 e. The molecular weight excluding hydrogens is 218 g/mol. The molecule has 100 valence electrons. The van der Waals surface area contributed by atoms with Gasteiger partial charge in [-0.3, -0.25) is 4.31 Å². The lowest BCUT2D eigenvalue weighted by Gasteiger charge is -2.28. The number of aliphatic hydroxyl groups excluding tert-OH is 1. The normalized spacial score (nSPS) is 12.2. The third-order valence-corrected chi connectivity index (χ3v) is 4.47. The van der Waals surface area contributed by atoms with Crippen LogP contribution in [-0.2, 0) is 0 Å². The Morgan fingerprint density at radius 1 is 0.875 bits per heavy atom. The predicted molar refractivity (Wildman–Crippen MR) is 77.5 cm³/mol. The number of thiol groups is 1. The van der Waals surface area contributed by atoms with Gasteiger partial charge in [-0.15, -0.1) is 0 Å². The van der Waals surface area contributed by atoms with Gasteiger partial charge in [-0.1, -0.05) is 45.4 Å². The van der Waals surface area contributed by atoms with E-state index in [-0.39, 0.29) is 11.1 Å². The molecule has 0 saturated heterocycles. The maximum absolute atomic E-state index is 8.95. The van der Waals surface area contributed by atoms with Gasteiger partial charge in [0.15, 0.2) is 0 Å². The van der Waals surface area contributed by atoms with Crippen molar-refractivity contribution in [1.82, 2.24) is 4.31 Å². The highest BCUT2D eigenvalue weighted by molar-refractivity contribution is 8.13. The van der Waals surface area contributed by atoms with Crippen LogP contribution in [0.4, 0.5) is 0 Å². The second kappa shape index (κ2) is 11.7. The minimum absolute atomic E-state index is 0.0267. The molecule has 0 aromatic heterocycles. The van der Waals surface area contributed by atoms with Gasteiger partial charge < -0.3 is 5.11 Å². The SMILES string of the molecule is CCCCCCCCCN(CCO)[SH](C)C. The predicted octanol–water partition coefficient (Wildman–Crippen LogP) is 3.21. The van der Waals surface area contributed by atoms with E-state index < -0.39 is 0 Å². The van der Waals surface area contributed by atoms with E-state index in [4.69, 9.17) is 5.11 Å². The molecule has 0 bridgehead atoms. The van der Waals surface area contributed by atoms with Crippen LogP contribution in [0.1, 0.15) is 51.9 Å². The van der Waals surface area contributed by atoms with Crippen molar-refractivity contribution in [3.63, 3.8) is 0 Å². The Labute approximate surface area is 105 Å². The molecule has 0 heterocycles. The van der Waals surface area contributed by atoms with Gasteiger partial charge in [-0.2, -0.15) is 0 Å². The molecule has 0 amide bonds. The summed E-state index contributed by atoms with van der Waals surface area (Å²) in [5, 5.41) is 8.95. The second-order valence-corrected chi connectivity index (χ2v) is 6.91. The third kappa shape index (κ3) is 9.49. The Bertz CT molecular complexity index is 142. The van der Waals surface area contributed by atoms with Crippen molar-refractivity contribution in [2.24, 2.45) is 0 Å². The van der Waals surface area contributed by atoms with Crippen LogP contribution < -0.4 is 0 Å². The highest BCUT2D eigenvalue weighted by Gasteiger charge is 2.04. The fourth-order valence-corrected chi connectivity index (χ4v) is 2.91. The zero-order chi connectivity index (χ0) is 12.2. The van der Waals surface area contributed by atoms with Crippen molar-refractivity contribution in [1.29, 1.82) is 0 Å². The lowest BCUT2D eigenvalue weighted by atomic mass is 10.1. The summed E-state index contributed by atoms with van der Waals surface area (Å²) in [7, 11) is 0. The first-order valence-corrected chi connectivity index (χ1v) is 8.94. The third-order valence-electron chi connectivity index (χ3n) is 2.94. The van der Waals surface area contributed by atoms with Gasteiger partial charge >= 0.3 is 0 Å². The van der Waals surface area contributed by atoms with Crippen molar-refractivity contribution in [2.75, 3.05) is 32.2 Å². The monoisotopic (exact) mass is 249 g/mol. The summed E-state index contributed by atoms with van der Waals surface area (Å²) < 4.78 is 2.43. The fourth-order valence-electron chi connectivity index (χ4n) is 1.88. The van der Waals surface area contributed by atoms with Gasteiger partial charge in [0.25, 0.3) is 0 Å². The summed E-state index contributed by atoms with van der Waals surface area (Å²) in [6, 6.07) is 0. The van der Waals surface area contributed by atoms with Crippen LogP contribution in [0.25, 0.3) is 0 Å². The molecule has 3 heteroatoms. The second-order valence-electron chi connectivity index (χ2n) is 4.65. The average molecular weight is 249 g/mol. The van der Waals surface area contributed by atoms with Gasteiger partial charge in [0.2, 0.25) is 0 Å². The lowest BCUT2D eigenvalue weighted by molar-refractivity contribution is 0.259. The molecule has 0 aromatic rings. The van der Waals surface area contributed by atoms with Crippen LogP contribution in [0.2, 0.25) is 0 Å². The molecule has 0 atom stereocenters. The fraction of sp³-hybridized carbons (Fsp3) is 1.00. The van der Waals surface area contributed by atoms with Crippen molar-refractivity contribution >= 4 is 11.1 Å². The van der Waals surface area contributed by atoms with Crippen LogP contribution in [-0.4, -0.2) is 41.6 Å². The van der Waals surface area contributed by atoms with Crippen LogP contribution in [0.5, 0.6) is 0 Å². The van der Waals surface area contributed by atoms with E-state index in [1.807, 2.05) is 0 Å². The molecule has 16 heavy (non-hydrogen) atoms. The lowest BCUT2D eigenvalue weighted by Crippen LogP contribution is -2.24. The standard InChI is InChI=1S/C13H31NOS/c1-4-5-6-7-8-9-10-11-14(12-13-15)16(2)3/h15-16H,4-13H2,1-3H3. The molecule has 0 aliphatic heterocycles. The summed E-state index contributed by atoms with van der Waals surface area (Å²) in [5.41, 5.74) is 0. The molecule has 2 nitrogen and oxygen atoms in total. The molecule has 0 aromatic carbocycles. The van der Waals surface area contributed by atoms with E-state index in [1.54, 1.807) is 0 Å². The molecule has 0 saturated carbocycles. The van der Waals surface area contributed by atoms with Crippen LogP contribution in [0.3, 0.4) is 0 Å². The largest absolute Gasteiger partial charge is 0.395 e. The number of hydrogen-bond acceptors (Lipinski definition) is 2. The minimum Gasteiger partial charge on any atom is -0.395 e. The summed E-state index contributed by atoms with van der Waals surface area (Å²) >= 11 is -0.0267. The summed E-state index contributed by atoms with van der Waals surface area (Å²) in [6.45, 7) is 4.59. The van der Waals surface area contributed by atoms with E-state index in [0.29, 0.717) is 6.61 Å². The number of aliphatic hydroxyl groups is 1. The summed E-state index contributed by atoms with van der Waals surface area (Å²) in [5.74, 6) is 0. The van der Waals surface area contributed by atoms with Gasteiger partial charge in [0, 0.05) is 13.1 Å². The molecular formula is C13H31NOS. The van der Waals surface area contributed by atoms with Crippen LogP contribution in [0.15, 0.2) is 0 Å². The molecule has 0 aliphatic carbocycles. The first kappa shape index (κ1) is 16.3. The molecule has 0 rings (SSSR count). The minimum atomic E-state index is -0.0267. The number of hydrogen-bond donors (Lipinski definition) is 2. The Balaban J connectivity index is 3.33. The molecule has 0 radical (unpaired) electrons. The van der Waals surface area contributed by atoms with E-state index in [9.17, 15) is 0 Å². The van der Waals surface area contributed by atoms with Crippen molar-refractivity contribution < 1.29 is 5.11 Å². The highest BCUT2D eigenvalue weighted by atomic mass is 32.2. The van der Waals surface area contributed by atoms with Gasteiger partial charge in [-0.05, 0) is 18.9 Å². The average Bonchev–Trinajstić information content (AvgIpc) is 2.26. The molecule has 0 fully saturated rings. The Hall–Kier alpha value is 0.270.